The Morgan fingerprint density at radius 2 is 1.95 bits per heavy atom. The molecule has 0 aromatic carbocycles. The summed E-state index contributed by atoms with van der Waals surface area (Å²) >= 11 is 0. The maximum atomic E-state index is 5.14. The van der Waals surface area contributed by atoms with Gasteiger partial charge in [-0.2, -0.15) is 0 Å². The highest BCUT2D eigenvalue weighted by molar-refractivity contribution is 5.56. The number of aromatic nitrogens is 3. The first-order valence-electron chi connectivity index (χ1n) is 6.76. The van der Waals surface area contributed by atoms with Gasteiger partial charge in [0.2, 0.25) is 5.88 Å². The lowest BCUT2D eigenvalue weighted by Crippen LogP contribution is -2.08. The summed E-state index contributed by atoms with van der Waals surface area (Å²) in [5.41, 5.74) is 2.75. The molecule has 5 heteroatoms. The molecule has 1 N–H and O–H groups in total. The number of ether oxygens (including phenoxy) is 1. The van der Waals surface area contributed by atoms with Crippen LogP contribution in [0.3, 0.4) is 0 Å². The van der Waals surface area contributed by atoms with Crippen LogP contribution in [0, 0.1) is 13.8 Å². The standard InChI is InChI=1S/C15H20N4O/c1-5-9-16-14-10(2)11(3)17-15(19-14)12-7-6-8-13(18-12)20-4/h6-8H,5,9H2,1-4H3,(H,16,17,19). The van der Waals surface area contributed by atoms with E-state index in [1.54, 1.807) is 13.2 Å². The van der Waals surface area contributed by atoms with E-state index in [0.29, 0.717) is 17.4 Å². The molecule has 106 valence electrons. The lowest BCUT2D eigenvalue weighted by atomic mass is 10.2. The highest BCUT2D eigenvalue weighted by atomic mass is 16.5. The highest BCUT2D eigenvalue weighted by Crippen LogP contribution is 2.21. The van der Waals surface area contributed by atoms with E-state index in [9.17, 15) is 0 Å². The smallest absolute Gasteiger partial charge is 0.213 e. The van der Waals surface area contributed by atoms with Gasteiger partial charge in [0.1, 0.15) is 11.5 Å². The molecule has 0 amide bonds. The second kappa shape index (κ2) is 6.32. The molecule has 0 aliphatic rings. The van der Waals surface area contributed by atoms with Crippen molar-refractivity contribution in [2.75, 3.05) is 19.0 Å². The van der Waals surface area contributed by atoms with Crippen LogP contribution in [0.25, 0.3) is 11.5 Å². The number of aryl methyl sites for hydroxylation is 1. The molecule has 0 saturated heterocycles. The Morgan fingerprint density at radius 3 is 2.65 bits per heavy atom. The number of anilines is 1. The van der Waals surface area contributed by atoms with Crippen molar-refractivity contribution in [3.8, 4) is 17.4 Å². The summed E-state index contributed by atoms with van der Waals surface area (Å²) in [4.78, 5) is 13.5. The zero-order valence-electron chi connectivity index (χ0n) is 12.4. The Balaban J connectivity index is 2.43. The molecule has 2 aromatic rings. The highest BCUT2D eigenvalue weighted by Gasteiger charge is 2.10. The van der Waals surface area contributed by atoms with Crippen molar-refractivity contribution in [3.05, 3.63) is 29.5 Å². The molecule has 0 fully saturated rings. The molecule has 0 saturated carbocycles. The molecule has 0 radical (unpaired) electrons. The topological polar surface area (TPSA) is 59.9 Å². The number of hydrogen-bond acceptors (Lipinski definition) is 5. The molecule has 0 bridgehead atoms. The molecule has 20 heavy (non-hydrogen) atoms. The van der Waals surface area contributed by atoms with Gasteiger partial charge in [-0.25, -0.2) is 15.0 Å². The van der Waals surface area contributed by atoms with Crippen LogP contribution in [0.1, 0.15) is 24.6 Å². The minimum absolute atomic E-state index is 0.562. The van der Waals surface area contributed by atoms with Gasteiger partial charge in [-0.15, -0.1) is 0 Å². The molecular weight excluding hydrogens is 252 g/mol. The van der Waals surface area contributed by atoms with Gasteiger partial charge in [0, 0.05) is 23.9 Å². The first kappa shape index (κ1) is 14.2. The minimum Gasteiger partial charge on any atom is -0.481 e. The van der Waals surface area contributed by atoms with Crippen LogP contribution in [0.4, 0.5) is 5.82 Å². The molecule has 0 aliphatic carbocycles. The van der Waals surface area contributed by atoms with Crippen LogP contribution < -0.4 is 10.1 Å². The van der Waals surface area contributed by atoms with E-state index in [4.69, 9.17) is 4.74 Å². The molecule has 0 unspecified atom stereocenters. The first-order chi connectivity index (χ1) is 9.65. The summed E-state index contributed by atoms with van der Waals surface area (Å²) < 4.78 is 5.14. The number of pyridine rings is 1. The summed E-state index contributed by atoms with van der Waals surface area (Å²) in [5, 5.41) is 3.33. The van der Waals surface area contributed by atoms with Gasteiger partial charge in [0.05, 0.1) is 7.11 Å². The van der Waals surface area contributed by atoms with Crippen LogP contribution in [0.2, 0.25) is 0 Å². The van der Waals surface area contributed by atoms with Crippen molar-refractivity contribution in [2.24, 2.45) is 0 Å². The van der Waals surface area contributed by atoms with Crippen molar-refractivity contribution in [3.63, 3.8) is 0 Å². The quantitative estimate of drug-likeness (QED) is 0.906. The van der Waals surface area contributed by atoms with Gasteiger partial charge in [0.25, 0.3) is 0 Å². The van der Waals surface area contributed by atoms with Crippen LogP contribution in [-0.4, -0.2) is 28.6 Å². The van der Waals surface area contributed by atoms with Crippen molar-refractivity contribution in [1.82, 2.24) is 15.0 Å². The Hall–Kier alpha value is -2.17. The van der Waals surface area contributed by atoms with E-state index in [0.717, 1.165) is 30.0 Å². The first-order valence-corrected chi connectivity index (χ1v) is 6.76. The average molecular weight is 272 g/mol. The summed E-state index contributed by atoms with van der Waals surface area (Å²) in [6.07, 6.45) is 1.05. The van der Waals surface area contributed by atoms with E-state index in [1.807, 2.05) is 26.0 Å². The second-order valence-electron chi connectivity index (χ2n) is 4.60. The summed E-state index contributed by atoms with van der Waals surface area (Å²) in [6, 6.07) is 5.58. The van der Waals surface area contributed by atoms with Gasteiger partial charge < -0.3 is 10.1 Å². The predicted molar refractivity (Wildman–Crippen MR) is 80.1 cm³/mol. The molecule has 2 rings (SSSR count). The third kappa shape index (κ3) is 3.04. The fraction of sp³-hybridized carbons (Fsp3) is 0.400. The fourth-order valence-corrected chi connectivity index (χ4v) is 1.81. The number of rotatable bonds is 5. The Bertz CT molecular complexity index is 598. The van der Waals surface area contributed by atoms with E-state index in [2.05, 4.69) is 27.2 Å². The Kier molecular flexibility index (Phi) is 4.50. The summed E-state index contributed by atoms with van der Waals surface area (Å²) in [7, 11) is 1.60. The third-order valence-corrected chi connectivity index (χ3v) is 3.09. The maximum Gasteiger partial charge on any atom is 0.213 e. The lowest BCUT2D eigenvalue weighted by molar-refractivity contribution is 0.398. The zero-order chi connectivity index (χ0) is 14.5. The minimum atomic E-state index is 0.562. The number of nitrogens with zero attached hydrogens (tertiary/aromatic N) is 3. The molecule has 0 aliphatic heterocycles. The molecule has 0 atom stereocenters. The number of hydrogen-bond donors (Lipinski definition) is 1. The summed E-state index contributed by atoms with van der Waals surface area (Å²) in [6.45, 7) is 7.02. The van der Waals surface area contributed by atoms with Crippen LogP contribution in [-0.2, 0) is 0 Å². The monoisotopic (exact) mass is 272 g/mol. The van der Waals surface area contributed by atoms with E-state index in [1.165, 1.54) is 0 Å². The van der Waals surface area contributed by atoms with E-state index < -0.39 is 0 Å². The fourth-order valence-electron chi connectivity index (χ4n) is 1.81. The van der Waals surface area contributed by atoms with Gasteiger partial charge in [0.15, 0.2) is 5.82 Å². The van der Waals surface area contributed by atoms with Gasteiger partial charge in [-0.05, 0) is 26.3 Å². The van der Waals surface area contributed by atoms with Gasteiger partial charge >= 0.3 is 0 Å². The van der Waals surface area contributed by atoms with Crippen LogP contribution in [0.15, 0.2) is 18.2 Å². The molecule has 2 heterocycles. The van der Waals surface area contributed by atoms with Crippen LogP contribution in [0.5, 0.6) is 5.88 Å². The normalized spacial score (nSPS) is 10.4. The van der Waals surface area contributed by atoms with Gasteiger partial charge in [-0.1, -0.05) is 13.0 Å². The Labute approximate surface area is 119 Å². The second-order valence-corrected chi connectivity index (χ2v) is 4.60. The lowest BCUT2D eigenvalue weighted by Gasteiger charge is -2.11. The zero-order valence-corrected chi connectivity index (χ0v) is 12.4. The largest absolute Gasteiger partial charge is 0.481 e. The van der Waals surface area contributed by atoms with Crippen molar-refractivity contribution in [1.29, 1.82) is 0 Å². The third-order valence-electron chi connectivity index (χ3n) is 3.09. The van der Waals surface area contributed by atoms with Gasteiger partial charge in [-0.3, -0.25) is 0 Å². The van der Waals surface area contributed by atoms with Crippen molar-refractivity contribution >= 4 is 5.82 Å². The maximum absolute atomic E-state index is 5.14. The number of nitrogens with one attached hydrogen (secondary N) is 1. The molecule has 2 aromatic heterocycles. The average Bonchev–Trinajstić information content (AvgIpc) is 2.48. The van der Waals surface area contributed by atoms with E-state index in [-0.39, 0.29) is 0 Å². The molecule has 0 spiro atoms. The van der Waals surface area contributed by atoms with Crippen molar-refractivity contribution < 1.29 is 4.74 Å². The summed E-state index contributed by atoms with van der Waals surface area (Å²) in [5.74, 6) is 2.05. The Morgan fingerprint density at radius 1 is 1.15 bits per heavy atom. The van der Waals surface area contributed by atoms with Crippen LogP contribution >= 0.6 is 0 Å². The molecule has 5 nitrogen and oxygen atoms in total. The molecular formula is C15H20N4O. The number of methoxy groups -OCH3 is 1. The predicted octanol–water partition coefficient (Wildman–Crippen LogP) is 2.99. The van der Waals surface area contributed by atoms with E-state index >= 15 is 0 Å². The van der Waals surface area contributed by atoms with Crippen molar-refractivity contribution in [2.45, 2.75) is 27.2 Å². The SMILES string of the molecule is CCCNc1nc(-c2cccc(OC)n2)nc(C)c1C.